The first-order chi connectivity index (χ1) is 9.86. The Morgan fingerprint density at radius 2 is 1.55 bits per heavy atom. The fraction of sp³-hybridized carbons (Fsp3) is 0.611. The number of rotatable bonds is 0. The Labute approximate surface area is 122 Å². The van der Waals surface area contributed by atoms with Gasteiger partial charge in [-0.25, -0.2) is 4.98 Å². The second kappa shape index (κ2) is 6.43. The van der Waals surface area contributed by atoms with Crippen LogP contribution in [0.2, 0.25) is 0 Å². The van der Waals surface area contributed by atoms with E-state index in [1.807, 2.05) is 0 Å². The summed E-state index contributed by atoms with van der Waals surface area (Å²) in [5, 5.41) is 0. The molecule has 0 unspecified atom stereocenters. The second-order valence-electron chi connectivity index (χ2n) is 6.22. The fourth-order valence-corrected chi connectivity index (χ4v) is 3.41. The molecule has 1 aliphatic carbocycles. The number of aromatic nitrogens is 2. The van der Waals surface area contributed by atoms with Gasteiger partial charge in [-0.15, -0.1) is 0 Å². The van der Waals surface area contributed by atoms with Crippen molar-refractivity contribution in [2.45, 2.75) is 71.1 Å². The molecule has 0 saturated carbocycles. The van der Waals surface area contributed by atoms with Crippen molar-refractivity contribution < 1.29 is 0 Å². The van der Waals surface area contributed by atoms with Crippen molar-refractivity contribution in [2.24, 2.45) is 0 Å². The summed E-state index contributed by atoms with van der Waals surface area (Å²) in [7, 11) is 0. The molecule has 0 fully saturated rings. The van der Waals surface area contributed by atoms with E-state index in [4.69, 9.17) is 4.98 Å². The van der Waals surface area contributed by atoms with E-state index in [2.05, 4.69) is 29.7 Å². The molecule has 0 radical (unpaired) electrons. The number of imidazole rings is 1. The van der Waals surface area contributed by atoms with Crippen LogP contribution in [0.1, 0.15) is 68.3 Å². The maximum absolute atomic E-state index is 4.94. The van der Waals surface area contributed by atoms with Gasteiger partial charge in [0.2, 0.25) is 0 Å². The van der Waals surface area contributed by atoms with Gasteiger partial charge < -0.3 is 4.40 Å². The molecule has 0 spiro atoms. The van der Waals surface area contributed by atoms with E-state index < -0.39 is 0 Å². The average molecular weight is 270 g/mol. The Morgan fingerprint density at radius 1 is 0.900 bits per heavy atom. The molecule has 2 nitrogen and oxygen atoms in total. The first-order valence-corrected chi connectivity index (χ1v) is 8.32. The summed E-state index contributed by atoms with van der Waals surface area (Å²) >= 11 is 0. The molecule has 2 aromatic heterocycles. The Hall–Kier alpha value is -1.31. The second-order valence-corrected chi connectivity index (χ2v) is 6.22. The van der Waals surface area contributed by atoms with E-state index in [9.17, 15) is 0 Å². The van der Waals surface area contributed by atoms with Crippen molar-refractivity contribution >= 4 is 5.65 Å². The van der Waals surface area contributed by atoms with Crippen LogP contribution < -0.4 is 0 Å². The van der Waals surface area contributed by atoms with Gasteiger partial charge in [-0.3, -0.25) is 0 Å². The third-order valence-corrected chi connectivity index (χ3v) is 4.60. The van der Waals surface area contributed by atoms with Crippen LogP contribution in [0.25, 0.3) is 5.65 Å². The van der Waals surface area contributed by atoms with Crippen LogP contribution in [0.15, 0.2) is 18.3 Å². The van der Waals surface area contributed by atoms with E-state index in [0.29, 0.717) is 0 Å². The Kier molecular flexibility index (Phi) is 4.39. The molecule has 108 valence electrons. The zero-order chi connectivity index (χ0) is 13.8. The number of hydrogen-bond acceptors (Lipinski definition) is 1. The molecule has 3 rings (SSSR count). The van der Waals surface area contributed by atoms with E-state index in [1.54, 1.807) is 0 Å². The van der Waals surface area contributed by atoms with Gasteiger partial charge in [-0.1, -0.05) is 44.6 Å². The van der Waals surface area contributed by atoms with Crippen LogP contribution >= 0.6 is 0 Å². The van der Waals surface area contributed by atoms with E-state index in [1.165, 1.54) is 80.4 Å². The minimum Gasteiger partial charge on any atom is -0.304 e. The van der Waals surface area contributed by atoms with Crippen LogP contribution in [0.4, 0.5) is 0 Å². The lowest BCUT2D eigenvalue weighted by Gasteiger charge is -2.08. The standard InChI is InChI=1S/C18H26N2/c1-15-11-10-14-20-17-13-9-7-5-3-2-4-6-8-12-16(17)19-18(15)20/h10-11,14H,2-9,12-13H2,1H3. The monoisotopic (exact) mass is 270 g/mol. The molecule has 0 aromatic carbocycles. The topological polar surface area (TPSA) is 17.3 Å². The van der Waals surface area contributed by atoms with Crippen LogP contribution in [-0.4, -0.2) is 9.38 Å². The highest BCUT2D eigenvalue weighted by Crippen LogP contribution is 2.22. The lowest BCUT2D eigenvalue weighted by atomic mass is 10.0. The highest BCUT2D eigenvalue weighted by molar-refractivity contribution is 5.50. The SMILES string of the molecule is Cc1cccn2c3c(nc12)CCCCCCCCCC3. The van der Waals surface area contributed by atoms with E-state index >= 15 is 0 Å². The van der Waals surface area contributed by atoms with E-state index in [0.717, 1.165) is 6.42 Å². The molecule has 0 amide bonds. The number of hydrogen-bond donors (Lipinski definition) is 0. The molecule has 20 heavy (non-hydrogen) atoms. The van der Waals surface area contributed by atoms with Gasteiger partial charge in [0.1, 0.15) is 5.65 Å². The molecule has 0 N–H and O–H groups in total. The molecule has 0 saturated heterocycles. The number of nitrogens with zero attached hydrogens (tertiary/aromatic N) is 2. The molecule has 2 heteroatoms. The summed E-state index contributed by atoms with van der Waals surface area (Å²) in [6, 6.07) is 4.32. The molecule has 0 atom stereocenters. The zero-order valence-corrected chi connectivity index (χ0v) is 12.7. The molecule has 0 aliphatic heterocycles. The number of aryl methyl sites for hydroxylation is 3. The van der Waals surface area contributed by atoms with Crippen molar-refractivity contribution in [1.82, 2.24) is 9.38 Å². The minimum absolute atomic E-state index is 1.16. The van der Waals surface area contributed by atoms with Crippen molar-refractivity contribution in [3.05, 3.63) is 35.3 Å². The maximum Gasteiger partial charge on any atom is 0.140 e. The average Bonchev–Trinajstić information content (AvgIpc) is 2.78. The van der Waals surface area contributed by atoms with Crippen molar-refractivity contribution in [2.75, 3.05) is 0 Å². The third kappa shape index (κ3) is 2.89. The highest BCUT2D eigenvalue weighted by atomic mass is 15.0. The van der Waals surface area contributed by atoms with Crippen LogP contribution in [0.3, 0.4) is 0 Å². The first-order valence-electron chi connectivity index (χ1n) is 8.32. The minimum atomic E-state index is 1.16. The Bertz CT molecular complexity index is 568. The maximum atomic E-state index is 4.94. The number of fused-ring (bicyclic) bond motifs is 3. The van der Waals surface area contributed by atoms with Crippen molar-refractivity contribution in [3.63, 3.8) is 0 Å². The first kappa shape index (κ1) is 13.7. The summed E-state index contributed by atoms with van der Waals surface area (Å²) < 4.78 is 2.34. The summed E-state index contributed by atoms with van der Waals surface area (Å²) in [5.41, 5.74) is 5.31. The van der Waals surface area contributed by atoms with Gasteiger partial charge in [0.15, 0.2) is 0 Å². The summed E-state index contributed by atoms with van der Waals surface area (Å²) in [6.45, 7) is 2.17. The Morgan fingerprint density at radius 3 is 2.30 bits per heavy atom. The lowest BCUT2D eigenvalue weighted by Crippen LogP contribution is -1.99. The smallest absolute Gasteiger partial charge is 0.140 e. The van der Waals surface area contributed by atoms with Crippen LogP contribution in [0, 0.1) is 6.92 Å². The predicted octanol–water partition coefficient (Wildman–Crippen LogP) is 4.86. The fourth-order valence-electron chi connectivity index (χ4n) is 3.41. The van der Waals surface area contributed by atoms with Crippen LogP contribution in [0.5, 0.6) is 0 Å². The summed E-state index contributed by atoms with van der Waals surface area (Å²) in [4.78, 5) is 4.94. The van der Waals surface area contributed by atoms with Crippen LogP contribution in [-0.2, 0) is 12.8 Å². The van der Waals surface area contributed by atoms with Gasteiger partial charge in [0.05, 0.1) is 5.69 Å². The van der Waals surface area contributed by atoms with Gasteiger partial charge in [-0.2, -0.15) is 0 Å². The summed E-state index contributed by atoms with van der Waals surface area (Å²) in [6.07, 6.45) is 15.6. The molecule has 2 heterocycles. The van der Waals surface area contributed by atoms with Crippen molar-refractivity contribution in [3.8, 4) is 0 Å². The van der Waals surface area contributed by atoms with E-state index in [-0.39, 0.29) is 0 Å². The largest absolute Gasteiger partial charge is 0.304 e. The molecular weight excluding hydrogens is 244 g/mol. The quantitative estimate of drug-likeness (QED) is 0.668. The molecule has 2 aromatic rings. The molecule has 1 aliphatic rings. The highest BCUT2D eigenvalue weighted by Gasteiger charge is 2.13. The van der Waals surface area contributed by atoms with Crippen molar-refractivity contribution in [1.29, 1.82) is 0 Å². The van der Waals surface area contributed by atoms with Gasteiger partial charge in [0.25, 0.3) is 0 Å². The predicted molar refractivity (Wildman–Crippen MR) is 84.3 cm³/mol. The normalized spacial score (nSPS) is 18.2. The van der Waals surface area contributed by atoms with Gasteiger partial charge in [-0.05, 0) is 44.2 Å². The molecular formula is C18H26N2. The zero-order valence-electron chi connectivity index (χ0n) is 12.7. The number of pyridine rings is 1. The molecule has 0 bridgehead atoms. The van der Waals surface area contributed by atoms with Gasteiger partial charge >= 0.3 is 0 Å². The lowest BCUT2D eigenvalue weighted by molar-refractivity contribution is 0.555. The van der Waals surface area contributed by atoms with Gasteiger partial charge in [0, 0.05) is 11.9 Å². The third-order valence-electron chi connectivity index (χ3n) is 4.60. The Balaban J connectivity index is 1.92. The summed E-state index contributed by atoms with van der Waals surface area (Å²) in [5.74, 6) is 0.